The van der Waals surface area contributed by atoms with Crippen molar-refractivity contribution in [3.05, 3.63) is 69.2 Å². The Labute approximate surface area is 174 Å². The van der Waals surface area contributed by atoms with E-state index in [2.05, 4.69) is 25.9 Å². The van der Waals surface area contributed by atoms with Crippen LogP contribution in [0.2, 0.25) is 5.02 Å². The molecule has 2 aromatic heterocycles. The van der Waals surface area contributed by atoms with Crippen molar-refractivity contribution in [2.24, 2.45) is 0 Å². The van der Waals surface area contributed by atoms with Gasteiger partial charge in [-0.25, -0.2) is 9.78 Å². The minimum absolute atomic E-state index is 0.236. The van der Waals surface area contributed by atoms with Gasteiger partial charge >= 0.3 is 5.63 Å². The lowest BCUT2D eigenvalue weighted by atomic mass is 10.0. The Morgan fingerprint density at radius 2 is 1.79 bits per heavy atom. The van der Waals surface area contributed by atoms with Gasteiger partial charge in [0.2, 0.25) is 5.89 Å². The number of rotatable bonds is 2. The Kier molecular flexibility index (Phi) is 4.58. The normalized spacial score (nSPS) is 11.9. The predicted octanol–water partition coefficient (Wildman–Crippen LogP) is 5.74. The quantitative estimate of drug-likeness (QED) is 0.424. The van der Waals surface area contributed by atoms with Gasteiger partial charge in [-0.2, -0.15) is 5.10 Å². The number of hydrogen-bond acceptors (Lipinski definition) is 4. The molecule has 0 aliphatic rings. The van der Waals surface area contributed by atoms with Crippen molar-refractivity contribution in [2.45, 2.75) is 40.2 Å². The smallest absolute Gasteiger partial charge is 0.347 e. The van der Waals surface area contributed by atoms with Gasteiger partial charge in [0.05, 0.1) is 33.9 Å². The summed E-state index contributed by atoms with van der Waals surface area (Å²) in [5.41, 5.74) is 4.04. The molecule has 0 aliphatic carbocycles. The fourth-order valence-corrected chi connectivity index (χ4v) is 3.80. The van der Waals surface area contributed by atoms with Crippen LogP contribution in [-0.4, -0.2) is 14.8 Å². The van der Waals surface area contributed by atoms with E-state index in [-0.39, 0.29) is 11.4 Å². The van der Waals surface area contributed by atoms with E-state index in [9.17, 15) is 4.79 Å². The van der Waals surface area contributed by atoms with Gasteiger partial charge in [0.1, 0.15) is 0 Å². The molecule has 4 rings (SSSR count). The van der Waals surface area contributed by atoms with Crippen LogP contribution < -0.4 is 5.63 Å². The van der Waals surface area contributed by atoms with Crippen molar-refractivity contribution in [1.29, 1.82) is 0 Å². The summed E-state index contributed by atoms with van der Waals surface area (Å²) in [5.74, 6) is 0.236. The number of halogens is 1. The summed E-state index contributed by atoms with van der Waals surface area (Å²) < 4.78 is 7.54. The monoisotopic (exact) mass is 407 g/mol. The van der Waals surface area contributed by atoms with Gasteiger partial charge in [-0.1, -0.05) is 35.9 Å². The summed E-state index contributed by atoms with van der Waals surface area (Å²) in [7, 11) is 0. The third kappa shape index (κ3) is 3.36. The van der Waals surface area contributed by atoms with Crippen LogP contribution in [0.25, 0.3) is 33.6 Å². The largest absolute Gasteiger partial charge is 0.403 e. The second-order valence-electron chi connectivity index (χ2n) is 8.25. The second kappa shape index (κ2) is 6.85. The fourth-order valence-electron chi connectivity index (χ4n) is 3.57. The molecule has 0 saturated heterocycles. The van der Waals surface area contributed by atoms with E-state index >= 15 is 0 Å². The van der Waals surface area contributed by atoms with Crippen LogP contribution in [0.1, 0.15) is 31.9 Å². The van der Waals surface area contributed by atoms with E-state index < -0.39 is 5.63 Å². The average molecular weight is 408 g/mol. The maximum absolute atomic E-state index is 12.7. The maximum Gasteiger partial charge on any atom is 0.347 e. The number of nitrogens with zero attached hydrogens (tertiary/aromatic N) is 3. The van der Waals surface area contributed by atoms with E-state index in [0.29, 0.717) is 21.5 Å². The van der Waals surface area contributed by atoms with Crippen LogP contribution in [0.3, 0.4) is 0 Å². The van der Waals surface area contributed by atoms with Crippen molar-refractivity contribution in [1.82, 2.24) is 14.8 Å². The Bertz CT molecular complexity index is 1300. The van der Waals surface area contributed by atoms with Crippen molar-refractivity contribution in [2.75, 3.05) is 0 Å². The molecule has 2 heterocycles. The molecule has 0 bridgehead atoms. The molecule has 0 spiro atoms. The van der Waals surface area contributed by atoms with Crippen molar-refractivity contribution in [3.63, 3.8) is 0 Å². The molecule has 0 radical (unpaired) electrons. The van der Waals surface area contributed by atoms with Crippen molar-refractivity contribution in [3.8, 4) is 22.7 Å². The molecule has 29 heavy (non-hydrogen) atoms. The molecule has 0 unspecified atom stereocenters. The zero-order chi connectivity index (χ0) is 20.9. The first-order valence-corrected chi connectivity index (χ1v) is 9.80. The van der Waals surface area contributed by atoms with Crippen LogP contribution in [-0.2, 0) is 5.54 Å². The van der Waals surface area contributed by atoms with Crippen LogP contribution >= 0.6 is 11.6 Å². The summed E-state index contributed by atoms with van der Waals surface area (Å²) in [5, 5.41) is 5.66. The first-order chi connectivity index (χ1) is 13.7. The van der Waals surface area contributed by atoms with Gasteiger partial charge in [0.25, 0.3) is 0 Å². The number of aromatic nitrogens is 3. The summed E-state index contributed by atoms with van der Waals surface area (Å²) in [6.45, 7) is 10.1. The van der Waals surface area contributed by atoms with E-state index in [4.69, 9.17) is 21.0 Å². The first-order valence-electron chi connectivity index (χ1n) is 9.42. The Balaban J connectivity index is 2.06. The molecule has 0 atom stereocenters. The van der Waals surface area contributed by atoms with E-state index in [1.807, 2.05) is 48.9 Å². The SMILES string of the molecule is Cc1cc(C)c2nc(-c3cnn(C(C)(C)C)c3-c3ccccc3Cl)oc(=O)c2c1. The third-order valence-electron chi connectivity index (χ3n) is 4.83. The number of hydrogen-bond donors (Lipinski definition) is 0. The molecule has 2 aromatic carbocycles. The standard InChI is InChI=1S/C23H22ClN3O2/c1-13-10-14(2)19-16(11-13)22(28)29-21(26-19)17-12-25-27(23(3,4)5)20(17)15-8-6-7-9-18(15)24/h6-12H,1-5H3. The lowest BCUT2D eigenvalue weighted by molar-refractivity contribution is 0.360. The third-order valence-corrected chi connectivity index (χ3v) is 5.16. The summed E-state index contributed by atoms with van der Waals surface area (Å²) in [4.78, 5) is 17.4. The molecule has 0 saturated carbocycles. The highest BCUT2D eigenvalue weighted by Crippen LogP contribution is 2.38. The highest BCUT2D eigenvalue weighted by atomic mass is 35.5. The van der Waals surface area contributed by atoms with Crippen LogP contribution in [0.5, 0.6) is 0 Å². The molecule has 6 heteroatoms. The minimum atomic E-state index is -0.412. The zero-order valence-corrected chi connectivity index (χ0v) is 17.8. The number of aryl methyl sites for hydroxylation is 2. The second-order valence-corrected chi connectivity index (χ2v) is 8.66. The topological polar surface area (TPSA) is 60.9 Å². The van der Waals surface area contributed by atoms with E-state index in [1.54, 1.807) is 12.3 Å². The molecular formula is C23H22ClN3O2. The molecule has 0 fully saturated rings. The van der Waals surface area contributed by atoms with Gasteiger partial charge < -0.3 is 4.42 Å². The minimum Gasteiger partial charge on any atom is -0.403 e. The Morgan fingerprint density at radius 1 is 1.07 bits per heavy atom. The maximum atomic E-state index is 12.7. The van der Waals surface area contributed by atoms with Gasteiger partial charge in [-0.15, -0.1) is 0 Å². The van der Waals surface area contributed by atoms with Crippen molar-refractivity contribution < 1.29 is 4.42 Å². The number of benzene rings is 2. The predicted molar refractivity (Wildman–Crippen MR) is 116 cm³/mol. The van der Waals surface area contributed by atoms with Gasteiger partial charge in [-0.05, 0) is 57.9 Å². The zero-order valence-electron chi connectivity index (χ0n) is 17.1. The molecule has 0 N–H and O–H groups in total. The van der Waals surface area contributed by atoms with Crippen LogP contribution in [0, 0.1) is 13.8 Å². The highest BCUT2D eigenvalue weighted by molar-refractivity contribution is 6.33. The van der Waals surface area contributed by atoms with Gasteiger partial charge in [0.15, 0.2) is 0 Å². The van der Waals surface area contributed by atoms with Gasteiger partial charge in [-0.3, -0.25) is 4.68 Å². The summed E-state index contributed by atoms with van der Waals surface area (Å²) >= 11 is 6.51. The molecular weight excluding hydrogens is 386 g/mol. The molecule has 5 nitrogen and oxygen atoms in total. The molecule has 4 aromatic rings. The summed E-state index contributed by atoms with van der Waals surface area (Å²) in [6, 6.07) is 11.4. The lowest BCUT2D eigenvalue weighted by Gasteiger charge is -2.23. The van der Waals surface area contributed by atoms with Crippen molar-refractivity contribution >= 4 is 22.5 Å². The highest BCUT2D eigenvalue weighted by Gasteiger charge is 2.26. The van der Waals surface area contributed by atoms with Crippen LogP contribution in [0.15, 0.2) is 51.8 Å². The van der Waals surface area contributed by atoms with Gasteiger partial charge in [0, 0.05) is 10.6 Å². The lowest BCUT2D eigenvalue weighted by Crippen LogP contribution is -2.24. The van der Waals surface area contributed by atoms with E-state index in [0.717, 1.165) is 22.4 Å². The molecule has 0 amide bonds. The van der Waals surface area contributed by atoms with Crippen LogP contribution in [0.4, 0.5) is 0 Å². The molecule has 148 valence electrons. The summed E-state index contributed by atoms with van der Waals surface area (Å²) in [6.07, 6.45) is 1.69. The number of fused-ring (bicyclic) bond motifs is 1. The first kappa shape index (κ1) is 19.4. The fraction of sp³-hybridized carbons (Fsp3) is 0.261. The molecule has 0 aliphatic heterocycles. The Hall–Kier alpha value is -2.92. The Morgan fingerprint density at radius 3 is 2.48 bits per heavy atom. The average Bonchev–Trinajstić information content (AvgIpc) is 3.08. The van der Waals surface area contributed by atoms with E-state index in [1.165, 1.54) is 0 Å².